The number of nitrogens with one attached hydrogen (secondary N) is 1. The Morgan fingerprint density at radius 3 is 2.65 bits per heavy atom. The van der Waals surface area contributed by atoms with E-state index in [1.54, 1.807) is 17.0 Å². The van der Waals surface area contributed by atoms with Crippen LogP contribution in [0.15, 0.2) is 54.6 Å². The summed E-state index contributed by atoms with van der Waals surface area (Å²) in [7, 11) is 0. The van der Waals surface area contributed by atoms with E-state index >= 15 is 0 Å². The minimum absolute atomic E-state index is 0.0270. The highest BCUT2D eigenvalue weighted by atomic mass is 35.5. The molecule has 3 aromatic rings. The number of hydrogen-bond donors (Lipinski definition) is 2. The zero-order valence-corrected chi connectivity index (χ0v) is 21.9. The maximum absolute atomic E-state index is 12.8. The standard InChI is InChI=1S/C29H32ClN3O4/c1-29(2,16-20-7-8-21-5-3-4-6-22(21)15-20)32-18-23(34)19-37-26-10-9-24(27(30)25(26)17-31)28(35)33-11-13-36-14-12-33/h3-10,15,23,32,34H,11-14,16,18-19H2,1-2H3. The van der Waals surface area contributed by atoms with Crippen molar-refractivity contribution in [2.24, 2.45) is 0 Å². The molecule has 0 bridgehead atoms. The number of nitrogens with zero attached hydrogens (tertiary/aromatic N) is 2. The summed E-state index contributed by atoms with van der Waals surface area (Å²) in [6.07, 6.45) is -0.0195. The van der Waals surface area contributed by atoms with Gasteiger partial charge in [0.15, 0.2) is 0 Å². The first-order valence-corrected chi connectivity index (χ1v) is 12.8. The van der Waals surface area contributed by atoms with Gasteiger partial charge in [-0.05, 0) is 48.7 Å². The van der Waals surface area contributed by atoms with Gasteiger partial charge in [0, 0.05) is 25.2 Å². The number of halogens is 1. The lowest BCUT2D eigenvalue weighted by Crippen LogP contribution is -2.46. The number of fused-ring (bicyclic) bond motifs is 1. The second kappa shape index (κ2) is 11.9. The van der Waals surface area contributed by atoms with Crippen LogP contribution in [0.4, 0.5) is 0 Å². The van der Waals surface area contributed by atoms with Gasteiger partial charge in [-0.25, -0.2) is 0 Å². The minimum Gasteiger partial charge on any atom is -0.489 e. The summed E-state index contributed by atoms with van der Waals surface area (Å²) in [6, 6.07) is 19.9. The SMILES string of the molecule is CC(C)(Cc1ccc2ccccc2c1)NCC(O)COc1ccc(C(=O)N2CCOCC2)c(Cl)c1C#N. The Balaban J connectivity index is 1.33. The van der Waals surface area contributed by atoms with E-state index < -0.39 is 6.10 Å². The van der Waals surface area contributed by atoms with Crippen LogP contribution in [0.3, 0.4) is 0 Å². The zero-order valence-electron chi connectivity index (χ0n) is 21.2. The summed E-state index contributed by atoms with van der Waals surface area (Å²) < 4.78 is 11.0. The summed E-state index contributed by atoms with van der Waals surface area (Å²) >= 11 is 6.42. The van der Waals surface area contributed by atoms with Crippen molar-refractivity contribution < 1.29 is 19.4 Å². The van der Waals surface area contributed by atoms with Crippen LogP contribution >= 0.6 is 11.6 Å². The van der Waals surface area contributed by atoms with E-state index in [-0.39, 0.29) is 40.0 Å². The van der Waals surface area contributed by atoms with Gasteiger partial charge in [0.25, 0.3) is 5.91 Å². The normalized spacial score (nSPS) is 14.8. The third kappa shape index (κ3) is 6.79. The van der Waals surface area contributed by atoms with Crippen molar-refractivity contribution in [2.75, 3.05) is 39.5 Å². The smallest absolute Gasteiger partial charge is 0.255 e. The fourth-order valence-corrected chi connectivity index (χ4v) is 4.72. The second-order valence-corrected chi connectivity index (χ2v) is 10.3. The molecule has 0 aliphatic carbocycles. The van der Waals surface area contributed by atoms with Crippen LogP contribution in [0, 0.1) is 11.3 Å². The molecule has 37 heavy (non-hydrogen) atoms. The monoisotopic (exact) mass is 521 g/mol. The molecule has 3 aromatic carbocycles. The van der Waals surface area contributed by atoms with Crippen molar-refractivity contribution in [3.63, 3.8) is 0 Å². The molecule has 0 aromatic heterocycles. The van der Waals surface area contributed by atoms with Gasteiger partial charge in [-0.1, -0.05) is 54.1 Å². The third-order valence-corrected chi connectivity index (χ3v) is 6.84. The second-order valence-electron chi connectivity index (χ2n) is 9.90. The molecule has 1 saturated heterocycles. The molecule has 1 fully saturated rings. The van der Waals surface area contributed by atoms with Gasteiger partial charge in [0.2, 0.25) is 0 Å². The topological polar surface area (TPSA) is 94.8 Å². The molecule has 8 heteroatoms. The molecular formula is C29H32ClN3O4. The van der Waals surface area contributed by atoms with Crippen LogP contribution < -0.4 is 10.1 Å². The lowest BCUT2D eigenvalue weighted by atomic mass is 9.93. The van der Waals surface area contributed by atoms with E-state index in [1.807, 2.05) is 18.2 Å². The summed E-state index contributed by atoms with van der Waals surface area (Å²) in [4.78, 5) is 14.5. The lowest BCUT2D eigenvalue weighted by Gasteiger charge is -2.28. The molecule has 0 radical (unpaired) electrons. The Labute approximate surface area is 222 Å². The Morgan fingerprint density at radius 1 is 1.19 bits per heavy atom. The van der Waals surface area contributed by atoms with Crippen molar-refractivity contribution in [1.29, 1.82) is 5.26 Å². The van der Waals surface area contributed by atoms with Gasteiger partial charge in [0.1, 0.15) is 30.1 Å². The fraction of sp³-hybridized carbons (Fsp3) is 0.379. The quantitative estimate of drug-likeness (QED) is 0.438. The number of carbonyl (C=O) groups is 1. The molecule has 1 amide bonds. The molecule has 1 atom stereocenters. The van der Waals surface area contributed by atoms with E-state index in [9.17, 15) is 15.2 Å². The molecule has 1 aliphatic heterocycles. The first-order valence-electron chi connectivity index (χ1n) is 12.4. The molecule has 7 nitrogen and oxygen atoms in total. The summed E-state index contributed by atoms with van der Waals surface area (Å²) in [6.45, 7) is 6.37. The van der Waals surface area contributed by atoms with Crippen molar-refractivity contribution in [3.05, 3.63) is 76.3 Å². The van der Waals surface area contributed by atoms with Crippen LogP contribution in [0.2, 0.25) is 5.02 Å². The van der Waals surface area contributed by atoms with E-state index in [1.165, 1.54) is 16.3 Å². The van der Waals surface area contributed by atoms with Crippen molar-refractivity contribution >= 4 is 28.3 Å². The number of aliphatic hydroxyl groups excluding tert-OH is 1. The number of ether oxygens (including phenoxy) is 2. The Hall–Kier alpha value is -3.15. The van der Waals surface area contributed by atoms with E-state index in [2.05, 4.69) is 49.5 Å². The average molecular weight is 522 g/mol. The number of carbonyl (C=O) groups excluding carboxylic acids is 1. The number of amides is 1. The number of hydrogen-bond acceptors (Lipinski definition) is 6. The molecule has 1 unspecified atom stereocenters. The van der Waals surface area contributed by atoms with Gasteiger partial charge in [-0.15, -0.1) is 0 Å². The number of benzene rings is 3. The maximum atomic E-state index is 12.8. The molecule has 0 saturated carbocycles. The molecule has 2 N–H and O–H groups in total. The van der Waals surface area contributed by atoms with Crippen LogP contribution in [0.25, 0.3) is 10.8 Å². The van der Waals surface area contributed by atoms with Crippen LogP contribution in [0.1, 0.15) is 35.3 Å². The highest BCUT2D eigenvalue weighted by molar-refractivity contribution is 6.35. The fourth-order valence-electron chi connectivity index (χ4n) is 4.45. The molecule has 4 rings (SSSR count). The van der Waals surface area contributed by atoms with Crippen LogP contribution in [-0.4, -0.2) is 67.0 Å². The number of rotatable bonds is 9. The van der Waals surface area contributed by atoms with Gasteiger partial charge in [0.05, 0.1) is 23.8 Å². The third-order valence-electron chi connectivity index (χ3n) is 6.45. The molecule has 1 aliphatic rings. The van der Waals surface area contributed by atoms with E-state index in [0.29, 0.717) is 32.8 Å². The molecular weight excluding hydrogens is 490 g/mol. The summed E-state index contributed by atoms with van der Waals surface area (Å²) in [5.41, 5.74) is 1.29. The molecule has 1 heterocycles. The van der Waals surface area contributed by atoms with Gasteiger partial charge < -0.3 is 24.8 Å². The van der Waals surface area contributed by atoms with Crippen LogP contribution in [-0.2, 0) is 11.2 Å². The Morgan fingerprint density at radius 2 is 1.92 bits per heavy atom. The Bertz CT molecular complexity index is 1300. The predicted octanol–water partition coefficient (Wildman–Crippen LogP) is 4.19. The summed E-state index contributed by atoms with van der Waals surface area (Å²) in [5.74, 6) is -0.00488. The van der Waals surface area contributed by atoms with Gasteiger partial charge >= 0.3 is 0 Å². The highest BCUT2D eigenvalue weighted by Crippen LogP contribution is 2.30. The molecule has 194 valence electrons. The lowest BCUT2D eigenvalue weighted by molar-refractivity contribution is 0.0303. The highest BCUT2D eigenvalue weighted by Gasteiger charge is 2.24. The number of morpholine rings is 1. The number of β-amino-alcohol motifs (C(OH)–C–C–N with tert-alkyl or cyclic N) is 1. The minimum atomic E-state index is -0.809. The number of nitriles is 1. The van der Waals surface area contributed by atoms with Gasteiger partial charge in [-0.3, -0.25) is 4.79 Å². The Kier molecular flexibility index (Phi) is 8.67. The average Bonchev–Trinajstić information content (AvgIpc) is 2.90. The van der Waals surface area contributed by atoms with Crippen molar-refractivity contribution in [2.45, 2.75) is 31.9 Å². The van der Waals surface area contributed by atoms with E-state index in [4.69, 9.17) is 21.1 Å². The number of aliphatic hydroxyl groups is 1. The first-order chi connectivity index (χ1) is 17.8. The maximum Gasteiger partial charge on any atom is 0.255 e. The van der Waals surface area contributed by atoms with E-state index in [0.717, 1.165) is 6.42 Å². The van der Waals surface area contributed by atoms with Crippen molar-refractivity contribution in [1.82, 2.24) is 10.2 Å². The largest absolute Gasteiger partial charge is 0.489 e. The van der Waals surface area contributed by atoms with Gasteiger partial charge in [-0.2, -0.15) is 5.26 Å². The van der Waals surface area contributed by atoms with Crippen LogP contribution in [0.5, 0.6) is 5.75 Å². The summed E-state index contributed by atoms with van der Waals surface area (Å²) in [5, 5.41) is 26.1. The first kappa shape index (κ1) is 26.9. The van der Waals surface area contributed by atoms with Crippen molar-refractivity contribution in [3.8, 4) is 11.8 Å². The zero-order chi connectivity index (χ0) is 26.4. The predicted molar refractivity (Wildman–Crippen MR) is 144 cm³/mol. The molecule has 0 spiro atoms.